The Balaban J connectivity index is 2.72. The lowest BCUT2D eigenvalue weighted by Gasteiger charge is -2.13. The Hall–Kier alpha value is -2.04. The average molecular weight is 236 g/mol. The van der Waals surface area contributed by atoms with Gasteiger partial charge in [-0.05, 0) is 43.7 Å². The zero-order valence-electron chi connectivity index (χ0n) is 10.1. The number of likely N-dealkylation sites (N-methyl/N-ethyl adjacent to an activating group) is 1. The third-order valence-electron chi connectivity index (χ3n) is 2.35. The molecule has 0 fully saturated rings. The monoisotopic (exact) mass is 236 g/mol. The van der Waals surface area contributed by atoms with Crippen LogP contribution in [0.15, 0.2) is 29.4 Å². The fraction of sp³-hybridized carbons (Fsp3) is 0.333. The van der Waals surface area contributed by atoms with Gasteiger partial charge in [0.15, 0.2) is 6.10 Å². The number of ether oxygens (including phenoxy) is 1. The smallest absolute Gasteiger partial charge is 0.260 e. The molecule has 2 N–H and O–H groups in total. The molecule has 0 saturated heterocycles. The van der Waals surface area contributed by atoms with E-state index in [2.05, 4.69) is 10.5 Å². The Morgan fingerprint density at radius 3 is 2.47 bits per heavy atom. The summed E-state index contributed by atoms with van der Waals surface area (Å²) >= 11 is 0. The van der Waals surface area contributed by atoms with Gasteiger partial charge in [0, 0.05) is 7.05 Å². The summed E-state index contributed by atoms with van der Waals surface area (Å²) < 4.78 is 5.42. The molecule has 1 aromatic carbocycles. The molecule has 0 saturated carbocycles. The van der Waals surface area contributed by atoms with Gasteiger partial charge in [0.1, 0.15) is 5.75 Å². The highest BCUT2D eigenvalue weighted by Gasteiger charge is 2.12. The second-order valence-electron chi connectivity index (χ2n) is 3.58. The van der Waals surface area contributed by atoms with Gasteiger partial charge in [-0.25, -0.2) is 0 Å². The Morgan fingerprint density at radius 1 is 1.41 bits per heavy atom. The van der Waals surface area contributed by atoms with Crippen molar-refractivity contribution in [2.75, 3.05) is 7.05 Å². The van der Waals surface area contributed by atoms with Crippen LogP contribution < -0.4 is 10.1 Å². The minimum Gasteiger partial charge on any atom is -0.481 e. The predicted molar refractivity (Wildman–Crippen MR) is 64.6 cm³/mol. The summed E-state index contributed by atoms with van der Waals surface area (Å²) in [5.41, 5.74) is 1.32. The molecular weight excluding hydrogens is 220 g/mol. The van der Waals surface area contributed by atoms with Gasteiger partial charge in [0.25, 0.3) is 5.91 Å². The Morgan fingerprint density at radius 2 is 2.00 bits per heavy atom. The van der Waals surface area contributed by atoms with Crippen molar-refractivity contribution in [3.05, 3.63) is 29.8 Å². The van der Waals surface area contributed by atoms with E-state index in [9.17, 15) is 4.79 Å². The molecular formula is C12H16N2O3. The van der Waals surface area contributed by atoms with Crippen LogP contribution in [-0.4, -0.2) is 30.0 Å². The van der Waals surface area contributed by atoms with E-state index in [0.29, 0.717) is 11.5 Å². The van der Waals surface area contributed by atoms with E-state index in [0.717, 1.165) is 5.56 Å². The molecule has 0 aliphatic rings. The van der Waals surface area contributed by atoms with Crippen molar-refractivity contribution in [2.45, 2.75) is 20.0 Å². The third kappa shape index (κ3) is 3.48. The highest BCUT2D eigenvalue weighted by atomic mass is 16.5. The number of hydrogen-bond donors (Lipinski definition) is 2. The van der Waals surface area contributed by atoms with Gasteiger partial charge in [-0.15, -0.1) is 0 Å². The molecule has 0 radical (unpaired) electrons. The van der Waals surface area contributed by atoms with Crippen LogP contribution in [-0.2, 0) is 4.79 Å². The number of nitrogens with one attached hydrogen (secondary N) is 1. The van der Waals surface area contributed by atoms with E-state index in [1.807, 2.05) is 0 Å². The summed E-state index contributed by atoms with van der Waals surface area (Å²) in [4.78, 5) is 11.2. The third-order valence-corrected chi connectivity index (χ3v) is 2.35. The molecule has 1 unspecified atom stereocenters. The first-order valence-corrected chi connectivity index (χ1v) is 5.25. The number of rotatable bonds is 4. The maximum absolute atomic E-state index is 11.2. The molecule has 5 nitrogen and oxygen atoms in total. The second-order valence-corrected chi connectivity index (χ2v) is 3.58. The largest absolute Gasteiger partial charge is 0.481 e. The number of carbonyl (C=O) groups is 1. The van der Waals surface area contributed by atoms with E-state index in [4.69, 9.17) is 9.94 Å². The number of benzene rings is 1. The van der Waals surface area contributed by atoms with E-state index in [1.165, 1.54) is 0 Å². The van der Waals surface area contributed by atoms with Crippen LogP contribution in [0.1, 0.15) is 19.4 Å². The summed E-state index contributed by atoms with van der Waals surface area (Å²) in [7, 11) is 1.56. The molecule has 0 aliphatic heterocycles. The summed E-state index contributed by atoms with van der Waals surface area (Å²) in [5, 5.41) is 14.2. The number of hydrogen-bond acceptors (Lipinski definition) is 4. The fourth-order valence-corrected chi connectivity index (χ4v) is 1.29. The lowest BCUT2D eigenvalue weighted by molar-refractivity contribution is -0.126. The molecule has 5 heteroatoms. The van der Waals surface area contributed by atoms with Crippen LogP contribution in [0, 0.1) is 0 Å². The van der Waals surface area contributed by atoms with Crippen LogP contribution >= 0.6 is 0 Å². The summed E-state index contributed by atoms with van der Waals surface area (Å²) in [6, 6.07) is 6.98. The van der Waals surface area contributed by atoms with Crippen LogP contribution in [0.4, 0.5) is 0 Å². The molecule has 92 valence electrons. The van der Waals surface area contributed by atoms with E-state index in [1.54, 1.807) is 45.2 Å². The van der Waals surface area contributed by atoms with Gasteiger partial charge in [0.05, 0.1) is 5.71 Å². The van der Waals surface area contributed by atoms with Crippen LogP contribution in [0.25, 0.3) is 0 Å². The number of amides is 1. The molecule has 0 heterocycles. The van der Waals surface area contributed by atoms with Crippen molar-refractivity contribution in [1.82, 2.24) is 5.32 Å². The number of nitrogens with zero attached hydrogens (tertiary/aromatic N) is 1. The van der Waals surface area contributed by atoms with Gasteiger partial charge in [0.2, 0.25) is 0 Å². The maximum atomic E-state index is 11.2. The van der Waals surface area contributed by atoms with Crippen LogP contribution in [0.2, 0.25) is 0 Å². The van der Waals surface area contributed by atoms with Crippen molar-refractivity contribution >= 4 is 11.6 Å². The van der Waals surface area contributed by atoms with E-state index in [-0.39, 0.29) is 5.91 Å². The van der Waals surface area contributed by atoms with Crippen LogP contribution in [0.3, 0.4) is 0 Å². The van der Waals surface area contributed by atoms with Crippen molar-refractivity contribution in [3.63, 3.8) is 0 Å². The standard InChI is InChI=1S/C12H16N2O3/c1-8(14-16)10-4-6-11(7-5-10)17-9(2)12(15)13-3/h4-7,9,16H,1-3H3,(H,13,15)/b14-8+. The van der Waals surface area contributed by atoms with Gasteiger partial charge < -0.3 is 15.3 Å². The number of oxime groups is 1. The first-order chi connectivity index (χ1) is 8.08. The molecule has 1 rings (SSSR count). The minimum absolute atomic E-state index is 0.179. The zero-order valence-corrected chi connectivity index (χ0v) is 10.1. The highest BCUT2D eigenvalue weighted by Crippen LogP contribution is 2.14. The fourth-order valence-electron chi connectivity index (χ4n) is 1.29. The summed E-state index contributed by atoms with van der Waals surface area (Å²) in [5.74, 6) is 0.415. The van der Waals surface area contributed by atoms with Gasteiger partial charge >= 0.3 is 0 Å². The summed E-state index contributed by atoms with van der Waals surface area (Å²) in [6.07, 6.45) is -0.543. The van der Waals surface area contributed by atoms with Gasteiger partial charge in [-0.2, -0.15) is 0 Å². The predicted octanol–water partition coefficient (Wildman–Crippen LogP) is 1.40. The summed E-state index contributed by atoms with van der Waals surface area (Å²) in [6.45, 7) is 3.37. The first kappa shape index (κ1) is 13.0. The first-order valence-electron chi connectivity index (χ1n) is 5.25. The van der Waals surface area contributed by atoms with Gasteiger partial charge in [-0.1, -0.05) is 5.16 Å². The van der Waals surface area contributed by atoms with Gasteiger partial charge in [-0.3, -0.25) is 4.79 Å². The van der Waals surface area contributed by atoms with E-state index < -0.39 is 6.10 Å². The minimum atomic E-state index is -0.543. The quantitative estimate of drug-likeness (QED) is 0.471. The van der Waals surface area contributed by atoms with Crippen molar-refractivity contribution in [1.29, 1.82) is 0 Å². The number of carbonyl (C=O) groups excluding carboxylic acids is 1. The molecule has 17 heavy (non-hydrogen) atoms. The zero-order chi connectivity index (χ0) is 12.8. The highest BCUT2D eigenvalue weighted by molar-refractivity contribution is 5.98. The Kier molecular flexibility index (Phi) is 4.51. The van der Waals surface area contributed by atoms with Crippen molar-refractivity contribution in [2.24, 2.45) is 5.16 Å². The Labute approximate surface area is 100 Å². The second kappa shape index (κ2) is 5.89. The lowest BCUT2D eigenvalue weighted by Crippen LogP contribution is -2.33. The molecule has 0 bridgehead atoms. The van der Waals surface area contributed by atoms with Crippen molar-refractivity contribution < 1.29 is 14.7 Å². The molecule has 0 aliphatic carbocycles. The average Bonchev–Trinajstić information content (AvgIpc) is 2.37. The SMILES string of the molecule is CNC(=O)C(C)Oc1ccc(/C(C)=N/O)cc1. The molecule has 1 atom stereocenters. The van der Waals surface area contributed by atoms with Crippen molar-refractivity contribution in [3.8, 4) is 5.75 Å². The maximum Gasteiger partial charge on any atom is 0.260 e. The van der Waals surface area contributed by atoms with Crippen LogP contribution in [0.5, 0.6) is 5.75 Å². The van der Waals surface area contributed by atoms with E-state index >= 15 is 0 Å². The molecule has 1 amide bonds. The topological polar surface area (TPSA) is 70.9 Å². The molecule has 1 aromatic rings. The normalized spacial score (nSPS) is 13.0. The molecule has 0 aromatic heterocycles. The Bertz CT molecular complexity index is 412. The lowest BCUT2D eigenvalue weighted by atomic mass is 10.1. The molecule has 0 spiro atoms.